The number of hydrogen-bond acceptors (Lipinski definition) is 2. The van der Waals surface area contributed by atoms with Gasteiger partial charge in [0.15, 0.2) is 0 Å². The van der Waals surface area contributed by atoms with Gasteiger partial charge in [0.1, 0.15) is 11.5 Å². The molecular formula is C13H18O3. The Morgan fingerprint density at radius 2 is 2.06 bits per heavy atom. The topological polar surface area (TPSA) is 50.4 Å². The maximum absolute atomic E-state index is 10.8. The summed E-state index contributed by atoms with van der Waals surface area (Å²) in [5.74, 6) is 1.70. The third kappa shape index (κ3) is 2.29. The van der Waals surface area contributed by atoms with E-state index in [2.05, 4.69) is 6.92 Å². The van der Waals surface area contributed by atoms with E-state index in [1.54, 1.807) is 0 Å². The number of aryl methyl sites for hydroxylation is 1. The fraction of sp³-hybridized carbons (Fsp3) is 0.615. The van der Waals surface area contributed by atoms with Crippen LogP contribution in [-0.4, -0.2) is 11.1 Å². The van der Waals surface area contributed by atoms with Gasteiger partial charge in [0.2, 0.25) is 0 Å². The normalized spacial score (nSPS) is 25.6. The van der Waals surface area contributed by atoms with Gasteiger partial charge in [0.25, 0.3) is 0 Å². The smallest absolute Gasteiger partial charge is 0.306 e. The van der Waals surface area contributed by atoms with Crippen molar-refractivity contribution in [1.82, 2.24) is 0 Å². The minimum absolute atomic E-state index is 0.142. The molecule has 0 bridgehead atoms. The summed E-state index contributed by atoms with van der Waals surface area (Å²) in [4.78, 5) is 10.8. The highest BCUT2D eigenvalue weighted by Gasteiger charge is 2.28. The van der Waals surface area contributed by atoms with Crippen molar-refractivity contribution in [3.63, 3.8) is 0 Å². The second-order valence-electron chi connectivity index (χ2n) is 4.54. The zero-order valence-corrected chi connectivity index (χ0v) is 9.61. The fourth-order valence-electron chi connectivity index (χ4n) is 2.43. The number of carboxylic acid groups (broad SMARTS) is 1. The van der Waals surface area contributed by atoms with Crippen LogP contribution in [0.15, 0.2) is 16.5 Å². The first-order chi connectivity index (χ1) is 7.70. The molecule has 1 heterocycles. The van der Waals surface area contributed by atoms with Gasteiger partial charge in [-0.15, -0.1) is 0 Å². The molecule has 0 atom stereocenters. The molecule has 0 saturated heterocycles. The first-order valence-corrected chi connectivity index (χ1v) is 6.02. The Labute approximate surface area is 95.5 Å². The van der Waals surface area contributed by atoms with Crippen LogP contribution >= 0.6 is 0 Å². The molecule has 0 amide bonds. The number of hydrogen-bond donors (Lipinski definition) is 1. The Bertz CT molecular complexity index is 359. The second-order valence-corrected chi connectivity index (χ2v) is 4.54. The van der Waals surface area contributed by atoms with Crippen molar-refractivity contribution in [1.29, 1.82) is 0 Å². The Morgan fingerprint density at radius 1 is 1.38 bits per heavy atom. The lowest BCUT2D eigenvalue weighted by Crippen LogP contribution is -2.20. The van der Waals surface area contributed by atoms with Crippen LogP contribution in [0.5, 0.6) is 0 Å². The minimum atomic E-state index is -0.646. The minimum Gasteiger partial charge on any atom is -0.481 e. The number of rotatable bonds is 3. The SMILES string of the molecule is CCc1ccc(C2CCC(C(=O)O)CC2)o1. The molecule has 1 aliphatic rings. The standard InChI is InChI=1S/C13H18O3/c1-2-11-7-8-12(16-11)9-3-5-10(6-4-9)13(14)15/h7-10H,2-6H2,1H3,(H,14,15). The quantitative estimate of drug-likeness (QED) is 0.854. The van der Waals surface area contributed by atoms with Crippen molar-refractivity contribution in [2.45, 2.75) is 44.9 Å². The summed E-state index contributed by atoms with van der Waals surface area (Å²) in [5, 5.41) is 8.91. The molecule has 0 radical (unpaired) electrons. The highest BCUT2D eigenvalue weighted by Crippen LogP contribution is 2.36. The first-order valence-electron chi connectivity index (χ1n) is 6.02. The molecule has 0 aliphatic heterocycles. The van der Waals surface area contributed by atoms with E-state index >= 15 is 0 Å². The van der Waals surface area contributed by atoms with Crippen LogP contribution in [0.4, 0.5) is 0 Å². The molecule has 16 heavy (non-hydrogen) atoms. The molecule has 3 nitrogen and oxygen atoms in total. The summed E-state index contributed by atoms with van der Waals surface area (Å²) >= 11 is 0. The number of furan rings is 1. The molecule has 0 spiro atoms. The van der Waals surface area contributed by atoms with Gasteiger partial charge < -0.3 is 9.52 Å². The summed E-state index contributed by atoms with van der Waals surface area (Å²) < 4.78 is 5.72. The lowest BCUT2D eigenvalue weighted by Gasteiger charge is -2.24. The van der Waals surface area contributed by atoms with Gasteiger partial charge in [0, 0.05) is 12.3 Å². The van der Waals surface area contributed by atoms with Crippen LogP contribution in [0.3, 0.4) is 0 Å². The van der Waals surface area contributed by atoms with Gasteiger partial charge in [-0.05, 0) is 37.8 Å². The van der Waals surface area contributed by atoms with E-state index in [1.165, 1.54) is 0 Å². The molecule has 3 heteroatoms. The van der Waals surface area contributed by atoms with E-state index < -0.39 is 5.97 Å². The van der Waals surface area contributed by atoms with Crippen molar-refractivity contribution < 1.29 is 14.3 Å². The van der Waals surface area contributed by atoms with Crippen LogP contribution in [0.25, 0.3) is 0 Å². The predicted octanol–water partition coefficient (Wildman–Crippen LogP) is 3.20. The molecule has 1 saturated carbocycles. The molecular weight excluding hydrogens is 204 g/mol. The molecule has 2 rings (SSSR count). The Kier molecular flexibility index (Phi) is 3.32. The number of aliphatic carboxylic acids is 1. The maximum atomic E-state index is 10.8. The zero-order chi connectivity index (χ0) is 11.5. The zero-order valence-electron chi connectivity index (χ0n) is 9.61. The average molecular weight is 222 g/mol. The van der Waals surface area contributed by atoms with Crippen molar-refractivity contribution in [3.05, 3.63) is 23.7 Å². The van der Waals surface area contributed by atoms with Gasteiger partial charge in [-0.25, -0.2) is 0 Å². The average Bonchev–Trinajstić information content (AvgIpc) is 2.77. The third-order valence-electron chi connectivity index (χ3n) is 3.51. The highest BCUT2D eigenvalue weighted by atomic mass is 16.4. The van der Waals surface area contributed by atoms with Crippen molar-refractivity contribution in [3.8, 4) is 0 Å². The summed E-state index contributed by atoms with van der Waals surface area (Å²) in [6.45, 7) is 2.07. The summed E-state index contributed by atoms with van der Waals surface area (Å²) in [5.41, 5.74) is 0. The molecule has 0 unspecified atom stereocenters. The summed E-state index contributed by atoms with van der Waals surface area (Å²) in [6.07, 6.45) is 4.36. The molecule has 88 valence electrons. The highest BCUT2D eigenvalue weighted by molar-refractivity contribution is 5.70. The van der Waals surface area contributed by atoms with E-state index in [-0.39, 0.29) is 5.92 Å². The molecule has 1 aliphatic carbocycles. The molecule has 1 N–H and O–H groups in total. The Morgan fingerprint density at radius 3 is 2.56 bits per heavy atom. The largest absolute Gasteiger partial charge is 0.481 e. The second kappa shape index (κ2) is 4.73. The van der Waals surface area contributed by atoms with E-state index in [9.17, 15) is 4.79 Å². The van der Waals surface area contributed by atoms with Gasteiger partial charge in [-0.3, -0.25) is 4.79 Å². The van der Waals surface area contributed by atoms with Crippen LogP contribution < -0.4 is 0 Å². The predicted molar refractivity (Wildman–Crippen MR) is 60.4 cm³/mol. The first kappa shape index (κ1) is 11.2. The van der Waals surface area contributed by atoms with Crippen LogP contribution in [0, 0.1) is 5.92 Å². The lowest BCUT2D eigenvalue weighted by molar-refractivity contribution is -0.142. The fourth-order valence-corrected chi connectivity index (χ4v) is 2.43. The van der Waals surface area contributed by atoms with Gasteiger partial charge in [0.05, 0.1) is 5.92 Å². The molecule has 1 aromatic heterocycles. The van der Waals surface area contributed by atoms with Crippen LogP contribution in [-0.2, 0) is 11.2 Å². The van der Waals surface area contributed by atoms with Crippen LogP contribution in [0.1, 0.15) is 50.0 Å². The maximum Gasteiger partial charge on any atom is 0.306 e. The van der Waals surface area contributed by atoms with Gasteiger partial charge in [-0.2, -0.15) is 0 Å². The van der Waals surface area contributed by atoms with Crippen LogP contribution in [0.2, 0.25) is 0 Å². The van der Waals surface area contributed by atoms with E-state index in [4.69, 9.17) is 9.52 Å². The molecule has 0 aromatic carbocycles. The van der Waals surface area contributed by atoms with Crippen molar-refractivity contribution in [2.24, 2.45) is 5.92 Å². The molecule has 1 fully saturated rings. The van der Waals surface area contributed by atoms with Gasteiger partial charge >= 0.3 is 5.97 Å². The summed E-state index contributed by atoms with van der Waals surface area (Å²) in [6, 6.07) is 4.07. The Balaban J connectivity index is 1.96. The number of carbonyl (C=O) groups is 1. The number of carboxylic acids is 1. The monoisotopic (exact) mass is 222 g/mol. The molecule has 1 aromatic rings. The van der Waals surface area contributed by atoms with Crippen molar-refractivity contribution in [2.75, 3.05) is 0 Å². The lowest BCUT2D eigenvalue weighted by atomic mass is 9.81. The van der Waals surface area contributed by atoms with E-state index in [0.29, 0.717) is 5.92 Å². The summed E-state index contributed by atoms with van der Waals surface area (Å²) in [7, 11) is 0. The third-order valence-corrected chi connectivity index (χ3v) is 3.51. The van der Waals surface area contributed by atoms with E-state index in [1.807, 2.05) is 12.1 Å². The van der Waals surface area contributed by atoms with E-state index in [0.717, 1.165) is 43.6 Å². The van der Waals surface area contributed by atoms with Crippen molar-refractivity contribution >= 4 is 5.97 Å². The Hall–Kier alpha value is -1.25. The van der Waals surface area contributed by atoms with Gasteiger partial charge in [-0.1, -0.05) is 6.92 Å².